The number of nitrogens with one attached hydrogen (secondary N) is 1. The lowest BCUT2D eigenvalue weighted by molar-refractivity contribution is -0.137. The maximum absolute atomic E-state index is 12.6. The summed E-state index contributed by atoms with van der Waals surface area (Å²) in [5.41, 5.74) is 1.04. The summed E-state index contributed by atoms with van der Waals surface area (Å²) in [6.07, 6.45) is -2.18. The molecule has 1 saturated heterocycles. The SMILES string of the molecule is O=C(Nc1ccccc1N1CCCC1)c1ccc(C(F)(F)F)cc1. The van der Waals surface area contributed by atoms with Crippen LogP contribution in [0, 0.1) is 0 Å². The van der Waals surface area contributed by atoms with Gasteiger partial charge in [-0.2, -0.15) is 13.2 Å². The maximum Gasteiger partial charge on any atom is 0.416 e. The lowest BCUT2D eigenvalue weighted by Crippen LogP contribution is -2.21. The molecule has 0 spiro atoms. The average molecular weight is 334 g/mol. The highest BCUT2D eigenvalue weighted by Crippen LogP contribution is 2.30. The van der Waals surface area contributed by atoms with Crippen LogP contribution in [-0.2, 0) is 6.18 Å². The van der Waals surface area contributed by atoms with Crippen LogP contribution in [0.15, 0.2) is 48.5 Å². The lowest BCUT2D eigenvalue weighted by atomic mass is 10.1. The highest BCUT2D eigenvalue weighted by Gasteiger charge is 2.30. The Morgan fingerprint density at radius 3 is 2.21 bits per heavy atom. The third kappa shape index (κ3) is 3.53. The van der Waals surface area contributed by atoms with Crippen molar-refractivity contribution in [2.45, 2.75) is 19.0 Å². The number of para-hydroxylation sites is 2. The van der Waals surface area contributed by atoms with E-state index in [2.05, 4.69) is 10.2 Å². The van der Waals surface area contributed by atoms with Crippen molar-refractivity contribution in [1.29, 1.82) is 0 Å². The van der Waals surface area contributed by atoms with Crippen molar-refractivity contribution in [2.75, 3.05) is 23.3 Å². The molecule has 0 bridgehead atoms. The van der Waals surface area contributed by atoms with Gasteiger partial charge in [0.15, 0.2) is 0 Å². The maximum atomic E-state index is 12.6. The Kier molecular flexibility index (Phi) is 4.46. The normalized spacial score (nSPS) is 14.7. The van der Waals surface area contributed by atoms with Crippen molar-refractivity contribution in [1.82, 2.24) is 0 Å². The molecule has 0 radical (unpaired) electrons. The van der Waals surface area contributed by atoms with Crippen LogP contribution in [-0.4, -0.2) is 19.0 Å². The van der Waals surface area contributed by atoms with Crippen LogP contribution in [0.4, 0.5) is 24.5 Å². The number of anilines is 2. The van der Waals surface area contributed by atoms with Gasteiger partial charge in [0.2, 0.25) is 0 Å². The Balaban J connectivity index is 1.78. The Labute approximate surface area is 138 Å². The zero-order valence-corrected chi connectivity index (χ0v) is 12.9. The minimum absolute atomic E-state index is 0.194. The van der Waals surface area contributed by atoms with Gasteiger partial charge in [-0.15, -0.1) is 0 Å². The zero-order valence-electron chi connectivity index (χ0n) is 12.9. The summed E-state index contributed by atoms with van der Waals surface area (Å²) in [4.78, 5) is 14.5. The highest BCUT2D eigenvalue weighted by atomic mass is 19.4. The first-order valence-electron chi connectivity index (χ1n) is 7.78. The molecule has 0 unspecified atom stereocenters. The summed E-state index contributed by atoms with van der Waals surface area (Å²) >= 11 is 0. The smallest absolute Gasteiger partial charge is 0.370 e. The Bertz CT molecular complexity index is 720. The van der Waals surface area contributed by atoms with Gasteiger partial charge in [-0.25, -0.2) is 0 Å². The molecule has 1 amide bonds. The van der Waals surface area contributed by atoms with E-state index in [-0.39, 0.29) is 5.56 Å². The van der Waals surface area contributed by atoms with E-state index in [9.17, 15) is 18.0 Å². The molecule has 1 N–H and O–H groups in total. The molecule has 3 rings (SSSR count). The van der Waals surface area contributed by atoms with Crippen molar-refractivity contribution in [3.63, 3.8) is 0 Å². The number of rotatable bonds is 3. The molecular weight excluding hydrogens is 317 g/mol. The van der Waals surface area contributed by atoms with Gasteiger partial charge in [-0.05, 0) is 49.2 Å². The molecule has 1 aliphatic rings. The summed E-state index contributed by atoms with van der Waals surface area (Å²) in [6.45, 7) is 1.88. The largest absolute Gasteiger partial charge is 0.416 e. The van der Waals surface area contributed by atoms with Crippen LogP contribution in [0.1, 0.15) is 28.8 Å². The number of alkyl halides is 3. The molecule has 1 aliphatic heterocycles. The molecule has 1 fully saturated rings. The number of carbonyl (C=O) groups is 1. The number of hydrogen-bond acceptors (Lipinski definition) is 2. The Morgan fingerprint density at radius 1 is 0.958 bits per heavy atom. The summed E-state index contributed by atoms with van der Waals surface area (Å²) in [5, 5.41) is 2.80. The summed E-state index contributed by atoms with van der Waals surface area (Å²) in [6, 6.07) is 11.7. The molecule has 6 heteroatoms. The average Bonchev–Trinajstić information content (AvgIpc) is 3.09. The van der Waals surface area contributed by atoms with Gasteiger partial charge in [-0.3, -0.25) is 4.79 Å². The predicted molar refractivity (Wildman–Crippen MR) is 87.3 cm³/mol. The van der Waals surface area contributed by atoms with Crippen LogP contribution in [0.2, 0.25) is 0 Å². The van der Waals surface area contributed by atoms with E-state index in [1.54, 1.807) is 6.07 Å². The summed E-state index contributed by atoms with van der Waals surface area (Å²) < 4.78 is 37.8. The van der Waals surface area contributed by atoms with Gasteiger partial charge >= 0.3 is 6.18 Å². The first-order valence-corrected chi connectivity index (χ1v) is 7.78. The fraction of sp³-hybridized carbons (Fsp3) is 0.278. The topological polar surface area (TPSA) is 32.3 Å². The Hall–Kier alpha value is -2.50. The standard InChI is InChI=1S/C18H17F3N2O/c19-18(20,21)14-9-7-13(8-10-14)17(24)22-15-5-1-2-6-16(15)23-11-3-4-12-23/h1-2,5-10H,3-4,11-12H2,(H,22,24). The van der Waals surface area contributed by atoms with E-state index in [0.29, 0.717) is 5.69 Å². The number of benzene rings is 2. The fourth-order valence-corrected chi connectivity index (χ4v) is 2.82. The van der Waals surface area contributed by atoms with Crippen molar-refractivity contribution in [3.05, 3.63) is 59.7 Å². The van der Waals surface area contributed by atoms with Gasteiger partial charge in [-0.1, -0.05) is 12.1 Å². The van der Waals surface area contributed by atoms with Crippen molar-refractivity contribution >= 4 is 17.3 Å². The number of halogens is 3. The van der Waals surface area contributed by atoms with Crippen LogP contribution in [0.3, 0.4) is 0 Å². The zero-order chi connectivity index (χ0) is 17.2. The van der Waals surface area contributed by atoms with E-state index < -0.39 is 17.6 Å². The number of amides is 1. The molecule has 2 aromatic carbocycles. The molecular formula is C18H17F3N2O. The van der Waals surface area contributed by atoms with Crippen LogP contribution < -0.4 is 10.2 Å². The summed E-state index contributed by atoms with van der Waals surface area (Å²) in [5.74, 6) is -0.421. The molecule has 0 saturated carbocycles. The molecule has 1 heterocycles. The predicted octanol–water partition coefficient (Wildman–Crippen LogP) is 4.56. The number of carbonyl (C=O) groups excluding carboxylic acids is 1. The Morgan fingerprint density at radius 2 is 1.58 bits per heavy atom. The van der Waals surface area contributed by atoms with Crippen molar-refractivity contribution in [3.8, 4) is 0 Å². The summed E-state index contributed by atoms with van der Waals surface area (Å²) in [7, 11) is 0. The van der Waals surface area contributed by atoms with E-state index >= 15 is 0 Å². The van der Waals surface area contributed by atoms with Crippen molar-refractivity contribution in [2.24, 2.45) is 0 Å². The van der Waals surface area contributed by atoms with E-state index in [0.717, 1.165) is 43.8 Å². The van der Waals surface area contributed by atoms with Gasteiger partial charge in [0, 0.05) is 18.7 Å². The second-order valence-corrected chi connectivity index (χ2v) is 5.74. The van der Waals surface area contributed by atoms with Crippen LogP contribution in [0.25, 0.3) is 0 Å². The van der Waals surface area contributed by atoms with Gasteiger partial charge < -0.3 is 10.2 Å². The van der Waals surface area contributed by atoms with Gasteiger partial charge in [0.05, 0.1) is 16.9 Å². The molecule has 0 aromatic heterocycles. The molecule has 2 aromatic rings. The third-order valence-electron chi connectivity index (χ3n) is 4.07. The molecule has 3 nitrogen and oxygen atoms in total. The first-order chi connectivity index (χ1) is 11.4. The second-order valence-electron chi connectivity index (χ2n) is 5.74. The molecule has 126 valence electrons. The van der Waals surface area contributed by atoms with Crippen LogP contribution >= 0.6 is 0 Å². The van der Waals surface area contributed by atoms with Crippen molar-refractivity contribution < 1.29 is 18.0 Å². The van der Waals surface area contributed by atoms with E-state index in [4.69, 9.17) is 0 Å². The number of nitrogens with zero attached hydrogens (tertiary/aromatic N) is 1. The minimum atomic E-state index is -4.41. The van der Waals surface area contributed by atoms with Gasteiger partial charge in [0.1, 0.15) is 0 Å². The van der Waals surface area contributed by atoms with Gasteiger partial charge in [0.25, 0.3) is 5.91 Å². The second kappa shape index (κ2) is 6.55. The van der Waals surface area contributed by atoms with E-state index in [1.807, 2.05) is 18.2 Å². The monoisotopic (exact) mass is 334 g/mol. The minimum Gasteiger partial charge on any atom is -0.370 e. The van der Waals surface area contributed by atoms with Crippen LogP contribution in [0.5, 0.6) is 0 Å². The molecule has 0 aliphatic carbocycles. The third-order valence-corrected chi connectivity index (χ3v) is 4.07. The number of hydrogen-bond donors (Lipinski definition) is 1. The lowest BCUT2D eigenvalue weighted by Gasteiger charge is -2.21. The highest BCUT2D eigenvalue weighted by molar-refractivity contribution is 6.06. The van der Waals surface area contributed by atoms with E-state index in [1.165, 1.54) is 12.1 Å². The fourth-order valence-electron chi connectivity index (χ4n) is 2.82. The molecule has 0 atom stereocenters. The first kappa shape index (κ1) is 16.4. The quantitative estimate of drug-likeness (QED) is 0.892. The molecule has 24 heavy (non-hydrogen) atoms.